The predicted molar refractivity (Wildman–Crippen MR) is 317 cm³/mol. The van der Waals surface area contributed by atoms with Crippen molar-refractivity contribution in [2.24, 2.45) is 0 Å². The molecule has 438 valence electrons. The number of pyridine rings is 1. The summed E-state index contributed by atoms with van der Waals surface area (Å²) in [4.78, 5) is 53.3. The molecule has 8 atom stereocenters. The van der Waals surface area contributed by atoms with Gasteiger partial charge >= 0.3 is 6.01 Å². The number of amides is 1. The maximum atomic E-state index is 17.6. The normalized spacial score (nSPS) is 25.1. The number of ketones is 1. The van der Waals surface area contributed by atoms with Gasteiger partial charge in [-0.15, -0.1) is 11.3 Å². The van der Waals surface area contributed by atoms with Gasteiger partial charge in [-0.1, -0.05) is 68.4 Å². The van der Waals surface area contributed by atoms with E-state index in [1.165, 1.54) is 0 Å². The number of thiazole rings is 1. The number of benzene rings is 3. The van der Waals surface area contributed by atoms with Crippen LogP contribution in [0.1, 0.15) is 127 Å². The predicted octanol–water partition coefficient (Wildman–Crippen LogP) is 9.50. The van der Waals surface area contributed by atoms with Crippen LogP contribution in [0.4, 0.5) is 20.3 Å². The first kappa shape index (κ1) is 56.8. The van der Waals surface area contributed by atoms with Crippen molar-refractivity contribution >= 4 is 56.2 Å². The molecule has 0 saturated carbocycles. The number of hydrogen-bond donors (Lipinski definition) is 6. The number of carbonyl (C=O) groups is 2. The van der Waals surface area contributed by atoms with Gasteiger partial charge in [0.2, 0.25) is 5.91 Å². The van der Waals surface area contributed by atoms with Crippen LogP contribution in [0.5, 0.6) is 11.8 Å². The molecule has 6 N–H and O–H groups in total. The van der Waals surface area contributed by atoms with E-state index in [-0.39, 0.29) is 91.8 Å². The minimum atomic E-state index is -1.67. The summed E-state index contributed by atoms with van der Waals surface area (Å²) in [7, 11) is 0. The third kappa shape index (κ3) is 11.3. The lowest BCUT2D eigenvalue weighted by molar-refractivity contribution is -0.138. The molecular formula is C63H75F2N11O6S. The largest absolute Gasteiger partial charge is 0.508 e. The molecule has 6 unspecified atom stereocenters. The molecule has 5 aliphatic heterocycles. The number of fused-ring (bicyclic) bond motifs is 4. The third-order valence-electron chi connectivity index (χ3n) is 18.3. The number of piperidine rings is 2. The van der Waals surface area contributed by atoms with Crippen LogP contribution >= 0.6 is 11.3 Å². The number of β-amino-alcohol motifs (C(OH)–C–C–N with tert-alkyl or cyclic N) is 1. The van der Waals surface area contributed by atoms with Gasteiger partial charge in [0, 0.05) is 86.8 Å². The number of alkyl halides is 1. The monoisotopic (exact) mass is 1150 g/mol. The molecule has 5 aliphatic rings. The van der Waals surface area contributed by atoms with Crippen LogP contribution in [-0.4, -0.2) is 128 Å². The molecule has 20 heteroatoms. The number of aliphatic hydroxyl groups excluding tert-OH is 1. The van der Waals surface area contributed by atoms with Gasteiger partial charge in [0.15, 0.2) is 22.9 Å². The smallest absolute Gasteiger partial charge is 0.319 e. The second-order valence-corrected chi connectivity index (χ2v) is 25.5. The van der Waals surface area contributed by atoms with E-state index in [1.54, 1.807) is 35.9 Å². The van der Waals surface area contributed by atoms with Gasteiger partial charge in [-0.05, 0) is 118 Å². The molecule has 5 saturated heterocycles. The first-order valence-corrected chi connectivity index (χ1v) is 30.5. The Morgan fingerprint density at radius 2 is 1.84 bits per heavy atom. The number of rotatable bonds is 18. The highest BCUT2D eigenvalue weighted by Gasteiger charge is 2.53. The van der Waals surface area contributed by atoms with Gasteiger partial charge in [0.25, 0.3) is 0 Å². The summed E-state index contributed by atoms with van der Waals surface area (Å²) in [5.41, 5.74) is 2.91. The highest BCUT2D eigenvalue weighted by atomic mass is 32.1. The SMILES string of the molecule is CCc1cccc2cc(O)cc(-c3ncc4c(N5CC6CCC(C5)N6)nc(OCCC5CC(F)(CC6CCCCN6c6cnoc6C(C)(C)CC(=O)[C@@]6(C(=O)N[C@@H](C)c7ccc(-c8scnc8C)cc7)CC(O)CN6)CCN5)nc4c3F)c12. The fourth-order valence-corrected chi connectivity index (χ4v) is 14.8. The van der Waals surface area contributed by atoms with E-state index >= 15 is 8.78 Å². The van der Waals surface area contributed by atoms with E-state index in [2.05, 4.69) is 41.2 Å². The zero-order valence-corrected chi connectivity index (χ0v) is 48.8. The lowest BCUT2D eigenvalue weighted by Gasteiger charge is -2.43. The number of phenolic OH excluding ortho intramolecular Hbond substituents is 1. The van der Waals surface area contributed by atoms with Gasteiger partial charge in [-0.3, -0.25) is 19.9 Å². The van der Waals surface area contributed by atoms with Gasteiger partial charge in [0.05, 0.1) is 46.4 Å². The van der Waals surface area contributed by atoms with Crippen molar-refractivity contribution in [3.63, 3.8) is 0 Å². The van der Waals surface area contributed by atoms with Crippen molar-refractivity contribution in [2.45, 2.75) is 165 Å². The number of aromatic nitrogens is 5. The Balaban J connectivity index is 0.727. The average Bonchev–Trinajstić information content (AvgIpc) is 2.94. The quantitative estimate of drug-likeness (QED) is 0.0441. The highest BCUT2D eigenvalue weighted by Crippen LogP contribution is 2.44. The highest BCUT2D eigenvalue weighted by molar-refractivity contribution is 7.13. The van der Waals surface area contributed by atoms with Crippen molar-refractivity contribution < 1.29 is 37.8 Å². The van der Waals surface area contributed by atoms with Crippen LogP contribution in [0, 0.1) is 12.7 Å². The molecular weight excluding hydrogens is 1080 g/mol. The molecule has 12 rings (SSSR count). The fourth-order valence-electron chi connectivity index (χ4n) is 14.0. The Morgan fingerprint density at radius 3 is 2.59 bits per heavy atom. The van der Waals surface area contributed by atoms with Gasteiger partial charge in [-0.25, -0.2) is 13.8 Å². The number of carbonyl (C=O) groups excluding carboxylic acids is 2. The summed E-state index contributed by atoms with van der Waals surface area (Å²) in [5, 5.41) is 41.4. The van der Waals surface area contributed by atoms with Crippen LogP contribution in [0.3, 0.4) is 0 Å². The molecule has 3 aromatic carbocycles. The molecule has 0 spiro atoms. The Morgan fingerprint density at radius 1 is 1.04 bits per heavy atom. The van der Waals surface area contributed by atoms with Crippen LogP contribution in [0.15, 0.2) is 77.0 Å². The average molecular weight is 1150 g/mol. The van der Waals surface area contributed by atoms with E-state index in [9.17, 15) is 19.8 Å². The lowest BCUT2D eigenvalue weighted by Crippen LogP contribution is -2.60. The van der Waals surface area contributed by atoms with Crippen molar-refractivity contribution in [1.82, 2.24) is 46.4 Å². The molecule has 17 nitrogen and oxygen atoms in total. The topological polar surface area (TPSA) is 216 Å². The van der Waals surface area contributed by atoms with E-state index < -0.39 is 40.5 Å². The molecule has 4 aromatic heterocycles. The number of aliphatic hydroxyl groups is 1. The van der Waals surface area contributed by atoms with Gasteiger partial charge in [-0.2, -0.15) is 9.97 Å². The number of nitrogens with one attached hydrogen (secondary N) is 4. The standard InChI is InChI=1S/C63H75F2N11O6S/c1-6-38-10-9-11-41-24-46(77)25-48(52(38)41)54-53(64)55-49(31-67-54)58(75-33-43-17-18-44(34-75)72-43)74-60(73-55)81-23-19-42-26-62(65,20-21-66-42)27-45-12-7-8-22-76(45)50-32-70-82-57(50)61(4,5)29-51(79)63(28-47(78)30-69-63)59(80)71-36(2)39-13-15-40(16-14-39)56-37(3)68-35-83-56/h9-11,13-16,24-25,31-32,35-36,42-45,47,66,69,72,77-78H,6-8,12,17-23,26-30,33-34H2,1-5H3,(H,71,80)/t36-,42?,43?,44?,45?,47?,62?,63+/m0/s1. The number of ether oxygens (including phenoxy) is 1. The van der Waals surface area contributed by atoms with Crippen molar-refractivity contribution in [3.8, 4) is 33.5 Å². The molecule has 2 bridgehead atoms. The lowest BCUT2D eigenvalue weighted by atomic mass is 9.76. The molecule has 83 heavy (non-hydrogen) atoms. The molecule has 0 radical (unpaired) electrons. The maximum Gasteiger partial charge on any atom is 0.319 e. The van der Waals surface area contributed by atoms with Crippen LogP contribution in [0.2, 0.25) is 0 Å². The number of halogens is 2. The Labute approximate surface area is 486 Å². The number of phenols is 1. The van der Waals surface area contributed by atoms with Crippen molar-refractivity contribution in [3.05, 3.63) is 101 Å². The van der Waals surface area contributed by atoms with Gasteiger partial charge in [0.1, 0.15) is 34.1 Å². The molecule has 7 aromatic rings. The van der Waals surface area contributed by atoms with E-state index in [0.29, 0.717) is 73.7 Å². The van der Waals surface area contributed by atoms with Gasteiger partial charge < -0.3 is 45.2 Å². The molecule has 9 heterocycles. The van der Waals surface area contributed by atoms with E-state index in [4.69, 9.17) is 24.2 Å². The Bertz CT molecular complexity index is 3530. The minimum absolute atomic E-state index is 0.00897. The minimum Gasteiger partial charge on any atom is -0.508 e. The second-order valence-electron chi connectivity index (χ2n) is 24.6. The summed E-state index contributed by atoms with van der Waals surface area (Å²) in [6, 6.07) is 16.8. The fraction of sp³-hybridized carbons (Fsp3) is 0.508. The Hall–Kier alpha value is -6.71. The number of Topliss-reactive ketones (excluding diaryl/α,β-unsaturated/α-hetero) is 1. The van der Waals surface area contributed by atoms with E-state index in [1.807, 2.05) is 82.6 Å². The summed E-state index contributed by atoms with van der Waals surface area (Å²) in [6.45, 7) is 12.5. The molecule has 5 fully saturated rings. The number of aryl methyl sites for hydroxylation is 2. The number of aromatic hydroxyl groups is 1. The first-order valence-electron chi connectivity index (χ1n) is 29.6. The molecule has 0 aliphatic carbocycles. The maximum absolute atomic E-state index is 17.6. The molecule has 1 amide bonds. The summed E-state index contributed by atoms with van der Waals surface area (Å²) in [5.74, 6) is -0.445. The Kier molecular flexibility index (Phi) is 15.8. The number of piperazine rings is 1. The van der Waals surface area contributed by atoms with Crippen LogP contribution in [-0.2, 0) is 21.4 Å². The third-order valence-corrected chi connectivity index (χ3v) is 19.3. The number of anilines is 2. The number of hydrogen-bond acceptors (Lipinski definition) is 17. The summed E-state index contributed by atoms with van der Waals surface area (Å²) >= 11 is 1.57. The van der Waals surface area contributed by atoms with Crippen molar-refractivity contribution in [2.75, 3.05) is 49.1 Å². The first-order chi connectivity index (χ1) is 40.0. The summed E-state index contributed by atoms with van der Waals surface area (Å²) < 4.78 is 47.3. The van der Waals surface area contributed by atoms with E-state index in [0.717, 1.165) is 70.1 Å². The zero-order valence-electron chi connectivity index (χ0n) is 47.9. The van der Waals surface area contributed by atoms with Crippen LogP contribution in [0.25, 0.3) is 43.4 Å². The zero-order chi connectivity index (χ0) is 57.8. The van der Waals surface area contributed by atoms with Crippen LogP contribution < -0.4 is 35.8 Å². The summed E-state index contributed by atoms with van der Waals surface area (Å²) in [6.07, 6.45) is 8.94. The van der Waals surface area contributed by atoms with Crippen molar-refractivity contribution in [1.29, 1.82) is 0 Å². The second kappa shape index (κ2) is 23.0. The number of nitrogens with zero attached hydrogens (tertiary/aromatic N) is 7.